The fourth-order valence-corrected chi connectivity index (χ4v) is 1.15. The van der Waals surface area contributed by atoms with E-state index < -0.39 is 23.1 Å². The Hall–Kier alpha value is -1.49. The third-order valence-corrected chi connectivity index (χ3v) is 2.13. The minimum atomic E-state index is -1.48. The molecule has 5 heteroatoms. The van der Waals surface area contributed by atoms with Crippen LogP contribution in [0.3, 0.4) is 0 Å². The maximum Gasteiger partial charge on any atom is 0.330 e. The lowest BCUT2D eigenvalue weighted by Gasteiger charge is -2.21. The molecule has 1 atom stereocenters. The minimum Gasteiger partial charge on any atom is -0.467 e. The summed E-state index contributed by atoms with van der Waals surface area (Å²) in [6.45, 7) is 1.37. The van der Waals surface area contributed by atoms with Crippen LogP contribution in [0.1, 0.15) is 12.5 Å². The monoisotopic (exact) mass is 215 g/mol. The van der Waals surface area contributed by atoms with Gasteiger partial charge in [-0.05, 0) is 24.6 Å². The first-order chi connectivity index (χ1) is 6.89. The summed E-state index contributed by atoms with van der Waals surface area (Å²) in [5, 5.41) is 0. The Bertz CT molecular complexity index is 391. The van der Waals surface area contributed by atoms with E-state index in [4.69, 9.17) is 5.73 Å². The zero-order chi connectivity index (χ0) is 11.6. The molecule has 0 amide bonds. The van der Waals surface area contributed by atoms with Crippen LogP contribution in [0.4, 0.5) is 8.78 Å². The van der Waals surface area contributed by atoms with Crippen LogP contribution < -0.4 is 5.73 Å². The van der Waals surface area contributed by atoms with Crippen molar-refractivity contribution in [1.29, 1.82) is 0 Å². The van der Waals surface area contributed by atoms with Crippen LogP contribution in [0.15, 0.2) is 18.2 Å². The van der Waals surface area contributed by atoms with Gasteiger partial charge in [0.15, 0.2) is 11.6 Å². The third-order valence-electron chi connectivity index (χ3n) is 2.13. The second-order valence-corrected chi connectivity index (χ2v) is 3.32. The van der Waals surface area contributed by atoms with E-state index in [1.807, 2.05) is 0 Å². The molecule has 1 aromatic carbocycles. The van der Waals surface area contributed by atoms with E-state index in [2.05, 4.69) is 4.74 Å². The van der Waals surface area contributed by atoms with Crippen LogP contribution in [0.2, 0.25) is 0 Å². The molecule has 0 aliphatic heterocycles. The molecule has 0 aromatic heterocycles. The maximum absolute atomic E-state index is 12.9. The van der Waals surface area contributed by atoms with Gasteiger partial charge in [0.2, 0.25) is 0 Å². The first-order valence-corrected chi connectivity index (χ1v) is 4.22. The van der Waals surface area contributed by atoms with Crippen LogP contribution in [0, 0.1) is 11.6 Å². The molecule has 15 heavy (non-hydrogen) atoms. The number of benzene rings is 1. The Morgan fingerprint density at radius 2 is 2.00 bits per heavy atom. The van der Waals surface area contributed by atoms with Gasteiger partial charge >= 0.3 is 5.97 Å². The van der Waals surface area contributed by atoms with Gasteiger partial charge in [0, 0.05) is 0 Å². The molecule has 1 unspecified atom stereocenters. The Balaban J connectivity index is 3.16. The highest BCUT2D eigenvalue weighted by molar-refractivity contribution is 5.81. The van der Waals surface area contributed by atoms with Crippen molar-refractivity contribution < 1.29 is 18.3 Å². The first kappa shape index (κ1) is 11.6. The molecule has 0 saturated heterocycles. The van der Waals surface area contributed by atoms with Gasteiger partial charge in [-0.2, -0.15) is 0 Å². The normalized spacial score (nSPS) is 14.5. The smallest absolute Gasteiger partial charge is 0.330 e. The van der Waals surface area contributed by atoms with E-state index in [0.29, 0.717) is 0 Å². The summed E-state index contributed by atoms with van der Waals surface area (Å²) in [4.78, 5) is 11.3. The van der Waals surface area contributed by atoms with Gasteiger partial charge in [-0.25, -0.2) is 13.6 Å². The highest BCUT2D eigenvalue weighted by Gasteiger charge is 2.32. The fraction of sp³-hybridized carbons (Fsp3) is 0.300. The second-order valence-electron chi connectivity index (χ2n) is 3.32. The predicted octanol–water partition coefficient (Wildman–Crippen LogP) is 1.31. The lowest BCUT2D eigenvalue weighted by atomic mass is 9.93. The molecule has 0 saturated carbocycles. The van der Waals surface area contributed by atoms with Crippen molar-refractivity contribution in [2.24, 2.45) is 5.73 Å². The van der Waals surface area contributed by atoms with Crippen LogP contribution >= 0.6 is 0 Å². The summed E-state index contributed by atoms with van der Waals surface area (Å²) in [5.74, 6) is -2.75. The van der Waals surface area contributed by atoms with E-state index in [9.17, 15) is 13.6 Å². The Morgan fingerprint density at radius 3 is 2.47 bits per heavy atom. The van der Waals surface area contributed by atoms with E-state index in [1.54, 1.807) is 0 Å². The minimum absolute atomic E-state index is 0.160. The fourth-order valence-electron chi connectivity index (χ4n) is 1.15. The number of methoxy groups -OCH3 is 1. The van der Waals surface area contributed by atoms with Crippen molar-refractivity contribution in [3.63, 3.8) is 0 Å². The summed E-state index contributed by atoms with van der Waals surface area (Å²) in [6.07, 6.45) is 0. The van der Waals surface area contributed by atoms with Crippen molar-refractivity contribution in [3.05, 3.63) is 35.4 Å². The molecule has 2 N–H and O–H groups in total. The molecule has 0 bridgehead atoms. The van der Waals surface area contributed by atoms with E-state index in [0.717, 1.165) is 12.1 Å². The number of carbonyl (C=O) groups excluding carboxylic acids is 1. The van der Waals surface area contributed by atoms with Gasteiger partial charge in [-0.3, -0.25) is 0 Å². The Labute approximate surface area is 85.8 Å². The molecular formula is C10H11F2NO2. The Morgan fingerprint density at radius 1 is 1.40 bits per heavy atom. The van der Waals surface area contributed by atoms with Crippen molar-refractivity contribution in [2.45, 2.75) is 12.5 Å². The summed E-state index contributed by atoms with van der Waals surface area (Å²) in [7, 11) is 1.17. The van der Waals surface area contributed by atoms with Crippen LogP contribution in [-0.2, 0) is 15.1 Å². The Kier molecular flexibility index (Phi) is 3.04. The lowest BCUT2D eigenvalue weighted by molar-refractivity contribution is -0.146. The lowest BCUT2D eigenvalue weighted by Crippen LogP contribution is -2.42. The number of esters is 1. The van der Waals surface area contributed by atoms with E-state index in [-0.39, 0.29) is 5.56 Å². The number of carbonyl (C=O) groups is 1. The van der Waals surface area contributed by atoms with Crippen LogP contribution in [-0.4, -0.2) is 13.1 Å². The molecule has 1 aromatic rings. The van der Waals surface area contributed by atoms with Gasteiger partial charge in [-0.1, -0.05) is 6.07 Å². The largest absolute Gasteiger partial charge is 0.467 e. The molecule has 0 radical (unpaired) electrons. The van der Waals surface area contributed by atoms with Crippen molar-refractivity contribution in [3.8, 4) is 0 Å². The molecule has 0 aliphatic carbocycles. The average Bonchev–Trinajstić information content (AvgIpc) is 2.20. The molecular weight excluding hydrogens is 204 g/mol. The van der Waals surface area contributed by atoms with Gasteiger partial charge < -0.3 is 10.5 Å². The zero-order valence-electron chi connectivity index (χ0n) is 8.38. The molecule has 1 rings (SSSR count). The molecule has 3 nitrogen and oxygen atoms in total. The molecule has 82 valence electrons. The first-order valence-electron chi connectivity index (χ1n) is 4.22. The number of nitrogens with two attached hydrogens (primary N) is 1. The van der Waals surface area contributed by atoms with Gasteiger partial charge in [0.25, 0.3) is 0 Å². The number of hydrogen-bond acceptors (Lipinski definition) is 3. The molecule has 0 heterocycles. The summed E-state index contributed by atoms with van der Waals surface area (Å²) < 4.78 is 30.0. The number of hydrogen-bond donors (Lipinski definition) is 1. The topological polar surface area (TPSA) is 52.3 Å². The molecule has 0 spiro atoms. The standard InChI is InChI=1S/C10H11F2NO2/c1-10(13,9(14)15-2)6-3-4-7(11)8(12)5-6/h3-5H,13H2,1-2H3. The summed E-state index contributed by atoms with van der Waals surface area (Å²) in [6, 6.07) is 3.04. The number of halogens is 2. The summed E-state index contributed by atoms with van der Waals surface area (Å²) in [5.41, 5.74) is 4.32. The van der Waals surface area contributed by atoms with Gasteiger partial charge in [0.05, 0.1) is 7.11 Å². The SMILES string of the molecule is COC(=O)C(C)(N)c1ccc(F)c(F)c1. The quantitative estimate of drug-likeness (QED) is 0.757. The third kappa shape index (κ3) is 2.12. The highest BCUT2D eigenvalue weighted by Crippen LogP contribution is 2.21. The molecule has 0 fully saturated rings. The van der Waals surface area contributed by atoms with Crippen LogP contribution in [0.25, 0.3) is 0 Å². The zero-order valence-corrected chi connectivity index (χ0v) is 8.38. The van der Waals surface area contributed by atoms with E-state index >= 15 is 0 Å². The van der Waals surface area contributed by atoms with Gasteiger partial charge in [-0.15, -0.1) is 0 Å². The second kappa shape index (κ2) is 3.94. The summed E-state index contributed by atoms with van der Waals surface area (Å²) >= 11 is 0. The van der Waals surface area contributed by atoms with Crippen molar-refractivity contribution in [2.75, 3.05) is 7.11 Å². The maximum atomic E-state index is 12.9. The number of ether oxygens (including phenoxy) is 1. The predicted molar refractivity (Wildman–Crippen MR) is 49.9 cm³/mol. The van der Waals surface area contributed by atoms with Crippen LogP contribution in [0.5, 0.6) is 0 Å². The van der Waals surface area contributed by atoms with E-state index in [1.165, 1.54) is 20.1 Å². The van der Waals surface area contributed by atoms with Gasteiger partial charge in [0.1, 0.15) is 5.54 Å². The molecule has 0 aliphatic rings. The van der Waals surface area contributed by atoms with Crippen molar-refractivity contribution in [1.82, 2.24) is 0 Å². The average molecular weight is 215 g/mol. The highest BCUT2D eigenvalue weighted by atomic mass is 19.2. The number of rotatable bonds is 2. The van der Waals surface area contributed by atoms with Crippen molar-refractivity contribution >= 4 is 5.97 Å².